The molecule has 0 spiro atoms. The summed E-state index contributed by atoms with van der Waals surface area (Å²) in [6.07, 6.45) is -4.60. The van der Waals surface area contributed by atoms with Gasteiger partial charge >= 0.3 is 6.18 Å². The van der Waals surface area contributed by atoms with Crippen molar-refractivity contribution in [2.24, 2.45) is 0 Å². The van der Waals surface area contributed by atoms with E-state index in [1.54, 1.807) is 24.1 Å². The second kappa shape index (κ2) is 5.63. The quantitative estimate of drug-likeness (QED) is 0.859. The van der Waals surface area contributed by atoms with Crippen molar-refractivity contribution >= 4 is 5.69 Å². The molecule has 112 valence electrons. The number of hydrogen-bond donors (Lipinski definition) is 1. The molecule has 0 atom stereocenters. The van der Waals surface area contributed by atoms with E-state index < -0.39 is 17.5 Å². The van der Waals surface area contributed by atoms with Gasteiger partial charge in [0.2, 0.25) is 0 Å². The fourth-order valence-electron chi connectivity index (χ4n) is 1.97. The maximum absolute atomic E-state index is 12.8. The number of halogens is 4. The zero-order valence-electron chi connectivity index (χ0n) is 11.2. The molecule has 2 aromatic rings. The maximum atomic E-state index is 12.8. The van der Waals surface area contributed by atoms with Gasteiger partial charge in [0.05, 0.1) is 5.56 Å². The fraction of sp³-hybridized carbons (Fsp3) is 0.200. The summed E-state index contributed by atoms with van der Waals surface area (Å²) >= 11 is 0. The predicted octanol–water partition coefficient (Wildman–Crippen LogP) is 4.19. The minimum atomic E-state index is -4.60. The van der Waals surface area contributed by atoms with E-state index in [0.717, 1.165) is 12.1 Å². The summed E-state index contributed by atoms with van der Waals surface area (Å²) in [5.41, 5.74) is 0.0116. The standard InChI is InChI=1S/C15H13F4NO/c1-20(12-5-3-11(16)4-6-12)9-10-2-7-14(21)13(8-10)15(17,18)19/h2-8,21H,9H2,1H3. The van der Waals surface area contributed by atoms with Crippen molar-refractivity contribution in [3.63, 3.8) is 0 Å². The van der Waals surface area contributed by atoms with Crippen LogP contribution in [-0.2, 0) is 12.7 Å². The van der Waals surface area contributed by atoms with Crippen LogP contribution in [-0.4, -0.2) is 12.2 Å². The van der Waals surface area contributed by atoms with Gasteiger partial charge in [-0.1, -0.05) is 6.07 Å². The Labute approximate surface area is 119 Å². The van der Waals surface area contributed by atoms with Gasteiger partial charge in [-0.25, -0.2) is 4.39 Å². The molecule has 0 saturated heterocycles. The van der Waals surface area contributed by atoms with E-state index in [2.05, 4.69) is 0 Å². The summed E-state index contributed by atoms with van der Waals surface area (Å²) < 4.78 is 51.0. The molecule has 0 unspecified atom stereocenters. The van der Waals surface area contributed by atoms with Crippen LogP contribution in [0.25, 0.3) is 0 Å². The van der Waals surface area contributed by atoms with Crippen molar-refractivity contribution in [1.82, 2.24) is 0 Å². The molecule has 2 nitrogen and oxygen atoms in total. The molecule has 0 amide bonds. The molecule has 0 saturated carbocycles. The summed E-state index contributed by atoms with van der Waals surface area (Å²) in [7, 11) is 1.69. The molecular weight excluding hydrogens is 286 g/mol. The SMILES string of the molecule is CN(Cc1ccc(O)c(C(F)(F)F)c1)c1ccc(F)cc1. The van der Waals surface area contributed by atoms with Crippen LogP contribution in [0.15, 0.2) is 42.5 Å². The highest BCUT2D eigenvalue weighted by Gasteiger charge is 2.34. The summed E-state index contributed by atoms with van der Waals surface area (Å²) in [6, 6.07) is 9.00. The van der Waals surface area contributed by atoms with Gasteiger partial charge in [0.15, 0.2) is 0 Å². The van der Waals surface area contributed by atoms with Crippen LogP contribution >= 0.6 is 0 Å². The van der Waals surface area contributed by atoms with E-state index >= 15 is 0 Å². The zero-order chi connectivity index (χ0) is 15.6. The average molecular weight is 299 g/mol. The topological polar surface area (TPSA) is 23.5 Å². The van der Waals surface area contributed by atoms with Crippen molar-refractivity contribution in [3.05, 3.63) is 59.4 Å². The summed E-state index contributed by atoms with van der Waals surface area (Å²) in [6.45, 7) is 0.203. The Morgan fingerprint density at radius 1 is 1.05 bits per heavy atom. The second-order valence-electron chi connectivity index (χ2n) is 4.68. The minimum absolute atomic E-state index is 0.203. The molecule has 0 radical (unpaired) electrons. The predicted molar refractivity (Wildman–Crippen MR) is 71.6 cm³/mol. The number of phenolic OH excluding ortho intramolecular Hbond substituents is 1. The Morgan fingerprint density at radius 2 is 1.67 bits per heavy atom. The Hall–Kier alpha value is -2.24. The van der Waals surface area contributed by atoms with Gasteiger partial charge in [-0.05, 0) is 42.0 Å². The van der Waals surface area contributed by atoms with E-state index in [0.29, 0.717) is 11.3 Å². The lowest BCUT2D eigenvalue weighted by atomic mass is 10.1. The van der Waals surface area contributed by atoms with Gasteiger partial charge in [-0.3, -0.25) is 0 Å². The van der Waals surface area contributed by atoms with Crippen LogP contribution in [0, 0.1) is 5.82 Å². The van der Waals surface area contributed by atoms with E-state index in [9.17, 15) is 22.7 Å². The monoisotopic (exact) mass is 299 g/mol. The van der Waals surface area contributed by atoms with Gasteiger partial charge in [-0.15, -0.1) is 0 Å². The summed E-state index contributed by atoms with van der Waals surface area (Å²) in [5, 5.41) is 9.28. The smallest absolute Gasteiger partial charge is 0.419 e. The largest absolute Gasteiger partial charge is 0.507 e. The number of nitrogens with zero attached hydrogens (tertiary/aromatic N) is 1. The molecule has 2 rings (SSSR count). The lowest BCUT2D eigenvalue weighted by molar-refractivity contribution is -0.138. The van der Waals surface area contributed by atoms with Crippen LogP contribution in [0.3, 0.4) is 0 Å². The van der Waals surface area contributed by atoms with Crippen LogP contribution < -0.4 is 4.90 Å². The molecule has 0 aliphatic heterocycles. The maximum Gasteiger partial charge on any atom is 0.419 e. The number of phenols is 1. The van der Waals surface area contributed by atoms with Crippen LogP contribution in [0.4, 0.5) is 23.2 Å². The first-order chi connectivity index (χ1) is 9.77. The Kier molecular flexibility index (Phi) is 4.06. The van der Waals surface area contributed by atoms with Crippen molar-refractivity contribution in [1.29, 1.82) is 0 Å². The van der Waals surface area contributed by atoms with Gasteiger partial charge in [-0.2, -0.15) is 13.2 Å². The second-order valence-corrected chi connectivity index (χ2v) is 4.68. The van der Waals surface area contributed by atoms with Gasteiger partial charge < -0.3 is 10.0 Å². The highest BCUT2D eigenvalue weighted by molar-refractivity contribution is 5.47. The molecule has 0 bridgehead atoms. The van der Waals surface area contributed by atoms with Crippen LogP contribution in [0.1, 0.15) is 11.1 Å². The molecule has 2 aromatic carbocycles. The molecule has 0 aliphatic rings. The number of benzene rings is 2. The van der Waals surface area contributed by atoms with E-state index in [1.165, 1.54) is 18.2 Å². The van der Waals surface area contributed by atoms with Crippen LogP contribution in [0.5, 0.6) is 5.75 Å². The van der Waals surface area contributed by atoms with Crippen LogP contribution in [0.2, 0.25) is 0 Å². The molecule has 0 aromatic heterocycles. The molecule has 21 heavy (non-hydrogen) atoms. The first kappa shape index (κ1) is 15.2. The number of aromatic hydroxyl groups is 1. The van der Waals surface area contributed by atoms with Crippen molar-refractivity contribution < 1.29 is 22.7 Å². The number of anilines is 1. The fourth-order valence-corrected chi connectivity index (χ4v) is 1.97. The van der Waals surface area contributed by atoms with E-state index in [-0.39, 0.29) is 12.4 Å². The zero-order valence-corrected chi connectivity index (χ0v) is 11.2. The Morgan fingerprint density at radius 3 is 2.24 bits per heavy atom. The number of hydrogen-bond acceptors (Lipinski definition) is 2. The number of rotatable bonds is 3. The van der Waals surface area contributed by atoms with Crippen molar-refractivity contribution in [3.8, 4) is 5.75 Å². The first-order valence-electron chi connectivity index (χ1n) is 6.13. The third kappa shape index (κ3) is 3.65. The molecular formula is C15H13F4NO. The van der Waals surface area contributed by atoms with Gasteiger partial charge in [0.1, 0.15) is 11.6 Å². The number of alkyl halides is 3. The average Bonchev–Trinajstić information content (AvgIpc) is 2.40. The van der Waals surface area contributed by atoms with Crippen molar-refractivity contribution in [2.45, 2.75) is 12.7 Å². The minimum Gasteiger partial charge on any atom is -0.507 e. The van der Waals surface area contributed by atoms with Gasteiger partial charge in [0.25, 0.3) is 0 Å². The molecule has 0 fully saturated rings. The van der Waals surface area contributed by atoms with E-state index in [4.69, 9.17) is 0 Å². The highest BCUT2D eigenvalue weighted by Crippen LogP contribution is 2.36. The molecule has 0 aliphatic carbocycles. The summed E-state index contributed by atoms with van der Waals surface area (Å²) in [4.78, 5) is 1.69. The Balaban J connectivity index is 2.21. The van der Waals surface area contributed by atoms with E-state index in [1.807, 2.05) is 0 Å². The lowest BCUT2D eigenvalue weighted by Gasteiger charge is -2.20. The summed E-state index contributed by atoms with van der Waals surface area (Å²) in [5.74, 6) is -1.17. The lowest BCUT2D eigenvalue weighted by Crippen LogP contribution is -2.17. The first-order valence-corrected chi connectivity index (χ1v) is 6.13. The van der Waals surface area contributed by atoms with Crippen molar-refractivity contribution in [2.75, 3.05) is 11.9 Å². The molecule has 0 heterocycles. The Bertz CT molecular complexity index is 623. The highest BCUT2D eigenvalue weighted by atomic mass is 19.4. The third-order valence-electron chi connectivity index (χ3n) is 3.05. The normalized spacial score (nSPS) is 11.5. The van der Waals surface area contributed by atoms with Gasteiger partial charge in [0, 0.05) is 19.3 Å². The molecule has 1 N–H and O–H groups in total. The molecule has 6 heteroatoms. The third-order valence-corrected chi connectivity index (χ3v) is 3.05.